The lowest BCUT2D eigenvalue weighted by molar-refractivity contribution is -0.00293. The highest BCUT2D eigenvalue weighted by Gasteiger charge is 2.11. The molecule has 0 aromatic heterocycles. The molecule has 2 N–H and O–H groups in total. The van der Waals surface area contributed by atoms with Crippen molar-refractivity contribution in [3.8, 4) is 0 Å². The van der Waals surface area contributed by atoms with Crippen molar-refractivity contribution in [2.24, 2.45) is 0 Å². The van der Waals surface area contributed by atoms with Crippen LogP contribution in [0.1, 0.15) is 25.5 Å². The van der Waals surface area contributed by atoms with E-state index in [2.05, 4.69) is 17.1 Å². The summed E-state index contributed by atoms with van der Waals surface area (Å²) in [4.78, 5) is 2.12. The summed E-state index contributed by atoms with van der Waals surface area (Å²) >= 11 is 0. The van der Waals surface area contributed by atoms with Crippen LogP contribution in [0.2, 0.25) is 0 Å². The lowest BCUT2D eigenvalue weighted by Crippen LogP contribution is -2.41. The number of rotatable bonds is 9. The molecule has 3 unspecified atom stereocenters. The fourth-order valence-electron chi connectivity index (χ4n) is 2.08. The van der Waals surface area contributed by atoms with Crippen molar-refractivity contribution in [1.82, 2.24) is 10.2 Å². The van der Waals surface area contributed by atoms with Crippen LogP contribution in [0.4, 0.5) is 0 Å². The average molecular weight is 280 g/mol. The molecule has 0 heterocycles. The van der Waals surface area contributed by atoms with E-state index in [1.54, 1.807) is 0 Å². The van der Waals surface area contributed by atoms with Crippen LogP contribution in [0.5, 0.6) is 0 Å². The topological polar surface area (TPSA) is 44.7 Å². The lowest BCUT2D eigenvalue weighted by atomic mass is 10.1. The molecule has 4 nitrogen and oxygen atoms in total. The summed E-state index contributed by atoms with van der Waals surface area (Å²) in [6.45, 7) is 5.96. The molecule has 0 saturated carbocycles. The second-order valence-corrected chi connectivity index (χ2v) is 5.61. The van der Waals surface area contributed by atoms with Gasteiger partial charge in [0.1, 0.15) is 0 Å². The zero-order chi connectivity index (χ0) is 15.0. The first-order valence-corrected chi connectivity index (χ1v) is 7.21. The molecule has 0 radical (unpaired) electrons. The highest BCUT2D eigenvalue weighted by molar-refractivity contribution is 5.16. The van der Waals surface area contributed by atoms with Gasteiger partial charge in [0.15, 0.2) is 0 Å². The van der Waals surface area contributed by atoms with Gasteiger partial charge in [-0.1, -0.05) is 30.3 Å². The van der Waals surface area contributed by atoms with Crippen molar-refractivity contribution in [2.75, 3.05) is 33.8 Å². The Morgan fingerprint density at radius 2 is 1.85 bits per heavy atom. The van der Waals surface area contributed by atoms with E-state index < -0.39 is 6.10 Å². The van der Waals surface area contributed by atoms with Crippen LogP contribution in [0.15, 0.2) is 30.3 Å². The number of benzene rings is 1. The highest BCUT2D eigenvalue weighted by atomic mass is 16.5. The van der Waals surface area contributed by atoms with E-state index in [-0.39, 0.29) is 6.10 Å². The van der Waals surface area contributed by atoms with Crippen LogP contribution < -0.4 is 5.32 Å². The van der Waals surface area contributed by atoms with Gasteiger partial charge in [-0.05, 0) is 33.5 Å². The van der Waals surface area contributed by atoms with Crippen LogP contribution in [-0.2, 0) is 4.74 Å². The predicted molar refractivity (Wildman–Crippen MR) is 82.8 cm³/mol. The Morgan fingerprint density at radius 3 is 2.45 bits per heavy atom. The maximum atomic E-state index is 9.93. The van der Waals surface area contributed by atoms with Crippen LogP contribution in [0.3, 0.4) is 0 Å². The smallest absolute Gasteiger partial charge is 0.0898 e. The first kappa shape index (κ1) is 17.1. The van der Waals surface area contributed by atoms with E-state index in [0.717, 1.165) is 12.1 Å². The van der Waals surface area contributed by atoms with E-state index in [1.165, 1.54) is 0 Å². The molecule has 20 heavy (non-hydrogen) atoms. The second kappa shape index (κ2) is 9.08. The molecular weight excluding hydrogens is 252 g/mol. The Labute approximate surface area is 122 Å². The first-order chi connectivity index (χ1) is 9.49. The van der Waals surface area contributed by atoms with Crippen molar-refractivity contribution in [3.63, 3.8) is 0 Å². The summed E-state index contributed by atoms with van der Waals surface area (Å²) in [6.07, 6.45) is -0.476. The Kier molecular flexibility index (Phi) is 7.77. The minimum Gasteiger partial charge on any atom is -0.389 e. The van der Waals surface area contributed by atoms with Gasteiger partial charge in [0.25, 0.3) is 0 Å². The van der Waals surface area contributed by atoms with Crippen molar-refractivity contribution in [3.05, 3.63) is 35.9 Å². The largest absolute Gasteiger partial charge is 0.389 e. The van der Waals surface area contributed by atoms with Crippen molar-refractivity contribution < 1.29 is 9.84 Å². The van der Waals surface area contributed by atoms with Gasteiger partial charge in [-0.2, -0.15) is 0 Å². The van der Waals surface area contributed by atoms with E-state index in [4.69, 9.17) is 4.74 Å². The Balaban J connectivity index is 2.21. The molecule has 1 aromatic rings. The quantitative estimate of drug-likeness (QED) is 0.722. The zero-order valence-electron chi connectivity index (χ0n) is 13.0. The zero-order valence-corrected chi connectivity index (χ0v) is 13.0. The summed E-state index contributed by atoms with van der Waals surface area (Å²) in [5.41, 5.74) is 1.13. The summed E-state index contributed by atoms with van der Waals surface area (Å²) in [7, 11) is 4.08. The van der Waals surface area contributed by atoms with E-state index >= 15 is 0 Å². The summed E-state index contributed by atoms with van der Waals surface area (Å²) in [5.74, 6) is 0. The van der Waals surface area contributed by atoms with Gasteiger partial charge in [0.2, 0.25) is 0 Å². The van der Waals surface area contributed by atoms with Gasteiger partial charge >= 0.3 is 0 Å². The van der Waals surface area contributed by atoms with Crippen LogP contribution in [-0.4, -0.2) is 55.9 Å². The minimum absolute atomic E-state index is 0.00467. The molecule has 3 atom stereocenters. The molecule has 0 saturated heterocycles. The number of hydrogen-bond donors (Lipinski definition) is 2. The summed E-state index contributed by atoms with van der Waals surface area (Å²) < 4.78 is 5.70. The fraction of sp³-hybridized carbons (Fsp3) is 0.625. The number of nitrogens with zero attached hydrogens (tertiary/aromatic N) is 1. The summed E-state index contributed by atoms with van der Waals surface area (Å²) in [5, 5.41) is 13.2. The Morgan fingerprint density at radius 1 is 1.20 bits per heavy atom. The van der Waals surface area contributed by atoms with E-state index in [0.29, 0.717) is 19.2 Å². The van der Waals surface area contributed by atoms with Crippen LogP contribution in [0.25, 0.3) is 0 Å². The number of likely N-dealkylation sites (N-methyl/N-ethyl adjacent to an activating group) is 1. The molecule has 0 bridgehead atoms. The number of aliphatic hydroxyl groups is 1. The summed E-state index contributed by atoms with van der Waals surface area (Å²) in [6, 6.07) is 10.4. The van der Waals surface area contributed by atoms with E-state index in [9.17, 15) is 5.11 Å². The lowest BCUT2D eigenvalue weighted by Gasteiger charge is -2.21. The van der Waals surface area contributed by atoms with Crippen molar-refractivity contribution >= 4 is 0 Å². The van der Waals surface area contributed by atoms with Gasteiger partial charge in [-0.25, -0.2) is 0 Å². The molecule has 0 spiro atoms. The molecule has 1 rings (SSSR count). The number of ether oxygens (including phenoxy) is 1. The van der Waals surface area contributed by atoms with Gasteiger partial charge in [0.05, 0.1) is 18.8 Å². The fourth-order valence-corrected chi connectivity index (χ4v) is 2.08. The molecule has 0 aliphatic rings. The molecule has 1 aromatic carbocycles. The normalized spacial score (nSPS) is 16.1. The van der Waals surface area contributed by atoms with Gasteiger partial charge < -0.3 is 20.1 Å². The molecule has 114 valence electrons. The Hall–Kier alpha value is -0.940. The molecule has 4 heteroatoms. The first-order valence-electron chi connectivity index (χ1n) is 7.21. The highest BCUT2D eigenvalue weighted by Crippen LogP contribution is 2.15. The standard InChI is InChI=1S/C16H28N2O2/c1-13(11-18(3)4)17-10-16(19)12-20-14(2)15-8-6-5-7-9-15/h5-9,13-14,16-17,19H,10-12H2,1-4H3. The predicted octanol–water partition coefficient (Wildman–Crippen LogP) is 1.66. The van der Waals surface area contributed by atoms with Gasteiger partial charge in [0, 0.05) is 19.1 Å². The molecule has 0 amide bonds. The number of nitrogens with one attached hydrogen (secondary N) is 1. The third-order valence-corrected chi connectivity index (χ3v) is 3.15. The SMILES string of the molecule is CC(CN(C)C)NCC(O)COC(C)c1ccccc1. The van der Waals surface area contributed by atoms with E-state index in [1.807, 2.05) is 51.4 Å². The average Bonchev–Trinajstić information content (AvgIpc) is 2.42. The molecule has 0 aliphatic carbocycles. The molecular formula is C16H28N2O2. The second-order valence-electron chi connectivity index (χ2n) is 5.61. The van der Waals surface area contributed by atoms with Crippen molar-refractivity contribution in [1.29, 1.82) is 0 Å². The van der Waals surface area contributed by atoms with Gasteiger partial charge in [-0.15, -0.1) is 0 Å². The molecule has 0 aliphatic heterocycles. The maximum absolute atomic E-state index is 9.93. The third kappa shape index (κ3) is 7.01. The Bertz CT molecular complexity index is 357. The maximum Gasteiger partial charge on any atom is 0.0898 e. The third-order valence-electron chi connectivity index (χ3n) is 3.15. The number of aliphatic hydroxyl groups excluding tert-OH is 1. The van der Waals surface area contributed by atoms with Crippen LogP contribution >= 0.6 is 0 Å². The molecule has 0 fully saturated rings. The van der Waals surface area contributed by atoms with Gasteiger partial charge in [-0.3, -0.25) is 0 Å². The monoisotopic (exact) mass is 280 g/mol. The minimum atomic E-state index is -0.481. The number of hydrogen-bond acceptors (Lipinski definition) is 4. The van der Waals surface area contributed by atoms with Crippen molar-refractivity contribution in [2.45, 2.75) is 32.1 Å². The van der Waals surface area contributed by atoms with Crippen LogP contribution in [0, 0.1) is 0 Å².